The maximum absolute atomic E-state index is 14.4. The van der Waals surface area contributed by atoms with E-state index in [2.05, 4.69) is 15.3 Å². The van der Waals surface area contributed by atoms with E-state index < -0.39 is 39.3 Å². The van der Waals surface area contributed by atoms with Gasteiger partial charge in [0.15, 0.2) is 9.84 Å². The first-order chi connectivity index (χ1) is 14.6. The molecule has 3 aromatic rings. The summed E-state index contributed by atoms with van der Waals surface area (Å²) < 4.78 is 82.5. The molecule has 0 aliphatic heterocycles. The molecular formula is C20H17F4N3O3S. The Bertz CT molecular complexity index is 1220. The third kappa shape index (κ3) is 5.69. The fourth-order valence-electron chi connectivity index (χ4n) is 2.90. The predicted molar refractivity (Wildman–Crippen MR) is 107 cm³/mol. The average molecular weight is 455 g/mol. The number of methoxy groups -OCH3 is 1. The second-order valence-corrected chi connectivity index (χ2v) is 8.82. The number of ether oxygens (including phenoxy) is 1. The van der Waals surface area contributed by atoms with Crippen LogP contribution >= 0.6 is 0 Å². The summed E-state index contributed by atoms with van der Waals surface area (Å²) in [6.07, 6.45) is -1.05. The number of rotatable bonds is 7. The minimum atomic E-state index is -3.48. The first kappa shape index (κ1) is 22.5. The fourth-order valence-corrected chi connectivity index (χ4v) is 3.68. The van der Waals surface area contributed by atoms with Gasteiger partial charge in [-0.3, -0.25) is 0 Å². The van der Waals surface area contributed by atoms with Crippen LogP contribution in [-0.4, -0.2) is 31.8 Å². The van der Waals surface area contributed by atoms with Gasteiger partial charge in [0.05, 0.1) is 19.1 Å². The number of anilines is 2. The second kappa shape index (κ2) is 8.88. The number of aromatic nitrogens is 2. The summed E-state index contributed by atoms with van der Waals surface area (Å²) >= 11 is 0. The van der Waals surface area contributed by atoms with Crippen molar-refractivity contribution in [2.75, 3.05) is 18.7 Å². The molecule has 6 nitrogen and oxygen atoms in total. The highest BCUT2D eigenvalue weighted by Crippen LogP contribution is 2.34. The topological polar surface area (TPSA) is 81.2 Å². The van der Waals surface area contributed by atoms with Crippen molar-refractivity contribution in [1.82, 2.24) is 9.97 Å². The standard InChI is InChI=1S/C20H17F4N3O3S/c1-30-17-7-12(21)3-4-13(17)14-8-18(25-9-15(14)22)27-19-6-11(10-31(2,28)29)5-16(26-19)20(23)24/h3-9,20H,10H2,1-2H3,(H,25,26,27). The van der Waals surface area contributed by atoms with E-state index in [4.69, 9.17) is 4.74 Å². The molecule has 0 radical (unpaired) electrons. The Morgan fingerprint density at radius 1 is 1.06 bits per heavy atom. The summed E-state index contributed by atoms with van der Waals surface area (Å²) in [6, 6.07) is 7.12. The SMILES string of the molecule is COc1cc(F)ccc1-c1cc(Nc2cc(CS(C)(=O)=O)cc(C(F)F)n2)ncc1F. The highest BCUT2D eigenvalue weighted by Gasteiger charge is 2.17. The van der Waals surface area contributed by atoms with E-state index >= 15 is 0 Å². The molecule has 0 fully saturated rings. The molecule has 164 valence electrons. The molecule has 0 spiro atoms. The van der Waals surface area contributed by atoms with Crippen LogP contribution in [0.4, 0.5) is 29.2 Å². The number of nitrogens with zero attached hydrogens (tertiary/aromatic N) is 2. The van der Waals surface area contributed by atoms with Crippen molar-refractivity contribution in [2.24, 2.45) is 0 Å². The molecule has 0 amide bonds. The molecule has 0 atom stereocenters. The van der Waals surface area contributed by atoms with E-state index in [1.165, 1.54) is 25.3 Å². The molecule has 1 aromatic carbocycles. The minimum absolute atomic E-state index is 0.0238. The van der Waals surface area contributed by atoms with Gasteiger partial charge in [-0.05, 0) is 35.9 Å². The number of sulfone groups is 1. The molecule has 2 heterocycles. The molecule has 3 rings (SSSR count). The summed E-state index contributed by atoms with van der Waals surface area (Å²) in [5.74, 6) is -1.70. The van der Waals surface area contributed by atoms with Crippen LogP contribution in [0.3, 0.4) is 0 Å². The maximum atomic E-state index is 14.4. The van der Waals surface area contributed by atoms with Crippen LogP contribution < -0.4 is 10.1 Å². The van der Waals surface area contributed by atoms with Crippen molar-refractivity contribution in [3.63, 3.8) is 0 Å². The zero-order valence-corrected chi connectivity index (χ0v) is 17.2. The Morgan fingerprint density at radius 2 is 1.81 bits per heavy atom. The Balaban J connectivity index is 2.01. The van der Waals surface area contributed by atoms with Crippen molar-refractivity contribution in [3.05, 3.63) is 65.5 Å². The molecule has 0 aliphatic carbocycles. The molecule has 2 aromatic heterocycles. The van der Waals surface area contributed by atoms with Crippen LogP contribution in [-0.2, 0) is 15.6 Å². The summed E-state index contributed by atoms with van der Waals surface area (Å²) in [5.41, 5.74) is -0.237. The lowest BCUT2D eigenvalue weighted by Crippen LogP contribution is -2.05. The van der Waals surface area contributed by atoms with Gasteiger partial charge in [0.25, 0.3) is 6.43 Å². The monoisotopic (exact) mass is 455 g/mol. The number of benzene rings is 1. The van der Waals surface area contributed by atoms with Gasteiger partial charge in [-0.15, -0.1) is 0 Å². The van der Waals surface area contributed by atoms with E-state index in [9.17, 15) is 26.0 Å². The normalized spacial score (nSPS) is 11.6. The molecule has 0 aliphatic rings. The third-order valence-corrected chi connectivity index (χ3v) is 4.98. The number of halogens is 4. The van der Waals surface area contributed by atoms with Gasteiger partial charge in [-0.2, -0.15) is 0 Å². The Labute approximate surface area is 175 Å². The lowest BCUT2D eigenvalue weighted by molar-refractivity contribution is 0.146. The molecule has 0 unspecified atom stereocenters. The van der Waals surface area contributed by atoms with Gasteiger partial charge in [0, 0.05) is 23.4 Å². The summed E-state index contributed by atoms with van der Waals surface area (Å²) in [6.45, 7) is 0. The minimum Gasteiger partial charge on any atom is -0.496 e. The first-order valence-electron chi connectivity index (χ1n) is 8.79. The summed E-state index contributed by atoms with van der Waals surface area (Å²) in [5, 5.41) is 2.68. The highest BCUT2D eigenvalue weighted by atomic mass is 32.2. The van der Waals surface area contributed by atoms with Crippen LogP contribution in [0, 0.1) is 11.6 Å². The zero-order valence-electron chi connectivity index (χ0n) is 16.4. The number of nitrogens with one attached hydrogen (secondary N) is 1. The largest absolute Gasteiger partial charge is 0.496 e. The quantitative estimate of drug-likeness (QED) is 0.522. The first-order valence-corrected chi connectivity index (χ1v) is 10.8. The van der Waals surface area contributed by atoms with Gasteiger partial charge >= 0.3 is 0 Å². The molecular weight excluding hydrogens is 438 g/mol. The number of alkyl halides is 2. The molecule has 31 heavy (non-hydrogen) atoms. The number of hydrogen-bond donors (Lipinski definition) is 1. The van der Waals surface area contributed by atoms with Crippen LogP contribution in [0.5, 0.6) is 5.75 Å². The number of hydrogen-bond acceptors (Lipinski definition) is 6. The lowest BCUT2D eigenvalue weighted by Gasteiger charge is -2.13. The van der Waals surface area contributed by atoms with Crippen molar-refractivity contribution < 1.29 is 30.7 Å². The smallest absolute Gasteiger partial charge is 0.280 e. The van der Waals surface area contributed by atoms with Gasteiger partial charge in [-0.1, -0.05) is 0 Å². The predicted octanol–water partition coefficient (Wildman–Crippen LogP) is 4.66. The Kier molecular flexibility index (Phi) is 6.44. The average Bonchev–Trinajstić information content (AvgIpc) is 2.68. The molecule has 11 heteroatoms. The van der Waals surface area contributed by atoms with Crippen molar-refractivity contribution >= 4 is 21.5 Å². The van der Waals surface area contributed by atoms with E-state index in [-0.39, 0.29) is 34.1 Å². The van der Waals surface area contributed by atoms with E-state index in [1.54, 1.807) is 0 Å². The van der Waals surface area contributed by atoms with Gasteiger partial charge in [-0.25, -0.2) is 35.9 Å². The lowest BCUT2D eigenvalue weighted by atomic mass is 10.0. The van der Waals surface area contributed by atoms with Crippen molar-refractivity contribution in [1.29, 1.82) is 0 Å². The third-order valence-electron chi connectivity index (χ3n) is 4.12. The van der Waals surface area contributed by atoms with Crippen LogP contribution in [0.1, 0.15) is 17.7 Å². The van der Waals surface area contributed by atoms with Crippen molar-refractivity contribution in [2.45, 2.75) is 12.2 Å². The summed E-state index contributed by atoms with van der Waals surface area (Å²) in [7, 11) is -2.17. The maximum Gasteiger partial charge on any atom is 0.280 e. The van der Waals surface area contributed by atoms with Gasteiger partial charge < -0.3 is 10.1 Å². The second-order valence-electron chi connectivity index (χ2n) is 6.68. The van der Waals surface area contributed by atoms with E-state index in [1.807, 2.05) is 0 Å². The fraction of sp³-hybridized carbons (Fsp3) is 0.200. The molecule has 0 saturated heterocycles. The molecule has 0 bridgehead atoms. The van der Waals surface area contributed by atoms with Gasteiger partial charge in [0.1, 0.15) is 34.7 Å². The van der Waals surface area contributed by atoms with Crippen LogP contribution in [0.25, 0.3) is 11.1 Å². The van der Waals surface area contributed by atoms with E-state index in [0.717, 1.165) is 30.7 Å². The molecule has 0 saturated carbocycles. The summed E-state index contributed by atoms with van der Waals surface area (Å²) in [4.78, 5) is 7.63. The van der Waals surface area contributed by atoms with Crippen LogP contribution in [0.15, 0.2) is 42.6 Å². The highest BCUT2D eigenvalue weighted by molar-refractivity contribution is 7.89. The van der Waals surface area contributed by atoms with Crippen molar-refractivity contribution in [3.8, 4) is 16.9 Å². The zero-order chi connectivity index (χ0) is 22.8. The molecule has 1 N–H and O–H groups in total. The van der Waals surface area contributed by atoms with E-state index in [0.29, 0.717) is 0 Å². The van der Waals surface area contributed by atoms with Crippen LogP contribution in [0.2, 0.25) is 0 Å². The number of pyridine rings is 2. The Hall–Kier alpha value is -3.21. The Morgan fingerprint density at radius 3 is 2.45 bits per heavy atom. The van der Waals surface area contributed by atoms with Gasteiger partial charge in [0.2, 0.25) is 0 Å².